The number of fused-ring (bicyclic) bond motifs is 1. The smallest absolute Gasteiger partial charge is 0.116 e. The summed E-state index contributed by atoms with van der Waals surface area (Å²) in [7, 11) is 0. The maximum Gasteiger partial charge on any atom is 0.116 e. The number of nitrogens with zero attached hydrogens (tertiary/aromatic N) is 3. The van der Waals surface area contributed by atoms with Crippen LogP contribution in [0.25, 0.3) is 20.7 Å². The van der Waals surface area contributed by atoms with Crippen LogP contribution in [0.15, 0.2) is 36.7 Å². The first-order valence-electron chi connectivity index (χ1n) is 7.82. The molecule has 3 nitrogen and oxygen atoms in total. The molecule has 0 saturated carbocycles. The number of benzene rings is 1. The van der Waals surface area contributed by atoms with Crippen LogP contribution < -0.4 is 0 Å². The highest BCUT2D eigenvalue weighted by molar-refractivity contribution is 7.22. The van der Waals surface area contributed by atoms with Gasteiger partial charge in [-0.2, -0.15) is 0 Å². The molecule has 1 aliphatic heterocycles. The molecule has 0 N–H and O–H groups in total. The van der Waals surface area contributed by atoms with Crippen molar-refractivity contribution in [3.8, 4) is 10.4 Å². The van der Waals surface area contributed by atoms with E-state index in [9.17, 15) is 0 Å². The highest BCUT2D eigenvalue weighted by Crippen LogP contribution is 2.31. The molecule has 4 heteroatoms. The Morgan fingerprint density at radius 1 is 1.09 bits per heavy atom. The monoisotopic (exact) mass is 308 g/mol. The molecule has 3 heterocycles. The van der Waals surface area contributed by atoms with Gasteiger partial charge in [-0.1, -0.05) is 30.7 Å². The fourth-order valence-corrected chi connectivity index (χ4v) is 3.99. The molecule has 1 fully saturated rings. The average Bonchev–Trinajstić information content (AvgIpc) is 3.00. The first kappa shape index (κ1) is 13.9. The molecule has 0 unspecified atom stereocenters. The minimum absolute atomic E-state index is 0.979. The number of likely N-dealkylation sites (tertiary alicyclic amines) is 1. The van der Waals surface area contributed by atoms with Crippen LogP contribution >= 0.6 is 11.3 Å². The summed E-state index contributed by atoms with van der Waals surface area (Å²) < 4.78 is 1.02. The fourth-order valence-electron chi connectivity index (χ4n) is 3.03. The Labute approximate surface area is 134 Å². The molecule has 0 atom stereocenters. The normalized spacial score (nSPS) is 16.2. The third-order valence-corrected chi connectivity index (χ3v) is 5.30. The van der Waals surface area contributed by atoms with Gasteiger partial charge < -0.3 is 0 Å². The summed E-state index contributed by atoms with van der Waals surface area (Å²) in [5, 5.41) is 0. The largest absolute Gasteiger partial charge is 0.299 e. The van der Waals surface area contributed by atoms with Gasteiger partial charge in [-0.3, -0.25) is 4.90 Å². The molecular formula is C18H18N3S. The predicted octanol–water partition coefficient (Wildman–Crippen LogP) is 4.14. The lowest BCUT2D eigenvalue weighted by atomic mass is 10.1. The van der Waals surface area contributed by atoms with Gasteiger partial charge in [0.05, 0.1) is 10.2 Å². The Morgan fingerprint density at radius 2 is 1.91 bits per heavy atom. The van der Waals surface area contributed by atoms with Crippen LogP contribution in [0.2, 0.25) is 0 Å². The van der Waals surface area contributed by atoms with Crippen molar-refractivity contribution in [1.29, 1.82) is 0 Å². The van der Waals surface area contributed by atoms with Crippen molar-refractivity contribution in [1.82, 2.24) is 14.9 Å². The van der Waals surface area contributed by atoms with E-state index in [4.69, 9.17) is 0 Å². The van der Waals surface area contributed by atoms with Crippen LogP contribution in [0.3, 0.4) is 0 Å². The van der Waals surface area contributed by atoms with E-state index in [0.29, 0.717) is 0 Å². The van der Waals surface area contributed by atoms with Gasteiger partial charge in [0, 0.05) is 11.4 Å². The Hall–Kier alpha value is -1.78. The van der Waals surface area contributed by atoms with E-state index in [-0.39, 0.29) is 0 Å². The van der Waals surface area contributed by atoms with Crippen molar-refractivity contribution < 1.29 is 0 Å². The zero-order valence-corrected chi connectivity index (χ0v) is 13.3. The number of hydrogen-bond acceptors (Lipinski definition) is 4. The first-order valence-corrected chi connectivity index (χ1v) is 8.64. The van der Waals surface area contributed by atoms with Gasteiger partial charge in [-0.25, -0.2) is 9.97 Å². The lowest BCUT2D eigenvalue weighted by Gasteiger charge is -2.26. The maximum atomic E-state index is 4.28. The fraction of sp³-hybridized carbons (Fsp3) is 0.333. The summed E-state index contributed by atoms with van der Waals surface area (Å²) in [6, 6.07) is 11.1. The van der Waals surface area contributed by atoms with E-state index >= 15 is 0 Å². The number of rotatable bonds is 3. The van der Waals surface area contributed by atoms with E-state index in [1.165, 1.54) is 48.4 Å². The van der Waals surface area contributed by atoms with Crippen molar-refractivity contribution >= 4 is 21.6 Å². The molecular weight excluding hydrogens is 290 g/mol. The van der Waals surface area contributed by atoms with E-state index in [2.05, 4.69) is 51.4 Å². The molecule has 0 aliphatic carbocycles. The Bertz CT molecular complexity index is 724. The second-order valence-electron chi connectivity index (χ2n) is 5.84. The number of thiophene rings is 1. The average molecular weight is 308 g/mol. The molecule has 22 heavy (non-hydrogen) atoms. The predicted molar refractivity (Wildman–Crippen MR) is 90.8 cm³/mol. The Kier molecular flexibility index (Phi) is 3.87. The van der Waals surface area contributed by atoms with Crippen LogP contribution in [0, 0.1) is 6.20 Å². The van der Waals surface area contributed by atoms with Crippen LogP contribution in [0.1, 0.15) is 24.8 Å². The zero-order valence-electron chi connectivity index (χ0n) is 12.5. The molecule has 111 valence electrons. The van der Waals surface area contributed by atoms with Crippen LogP contribution in [0.5, 0.6) is 0 Å². The van der Waals surface area contributed by atoms with Crippen molar-refractivity contribution in [2.24, 2.45) is 0 Å². The van der Waals surface area contributed by atoms with Gasteiger partial charge >= 0.3 is 0 Å². The van der Waals surface area contributed by atoms with Crippen LogP contribution in [-0.4, -0.2) is 28.0 Å². The zero-order chi connectivity index (χ0) is 14.8. The minimum Gasteiger partial charge on any atom is -0.299 e. The summed E-state index contributed by atoms with van der Waals surface area (Å²) in [5.41, 5.74) is 3.63. The molecule has 4 rings (SSSR count). The summed E-state index contributed by atoms with van der Waals surface area (Å²) >= 11 is 1.70. The van der Waals surface area contributed by atoms with E-state index in [1.807, 2.05) is 0 Å². The lowest BCUT2D eigenvalue weighted by Crippen LogP contribution is -2.28. The van der Waals surface area contributed by atoms with E-state index in [0.717, 1.165) is 16.8 Å². The standard InChI is InChI=1S/C18H18N3S/c1-2-8-21(9-3-1)12-14-4-6-15(7-5-14)17-10-16-18(22-17)11-19-13-20-16/h4-7,10,13H,1-3,8-9,12H2. The highest BCUT2D eigenvalue weighted by Gasteiger charge is 2.11. The molecule has 0 amide bonds. The summed E-state index contributed by atoms with van der Waals surface area (Å²) in [4.78, 5) is 12.0. The number of hydrogen-bond donors (Lipinski definition) is 0. The molecule has 1 radical (unpaired) electrons. The molecule has 0 bridgehead atoms. The second-order valence-corrected chi connectivity index (χ2v) is 6.90. The Balaban J connectivity index is 1.53. The number of piperidine rings is 1. The van der Waals surface area contributed by atoms with Gasteiger partial charge in [0.25, 0.3) is 0 Å². The molecule has 2 aromatic heterocycles. The highest BCUT2D eigenvalue weighted by atomic mass is 32.1. The van der Waals surface area contributed by atoms with Gasteiger partial charge in [0.2, 0.25) is 0 Å². The first-order chi connectivity index (χ1) is 10.9. The van der Waals surface area contributed by atoms with Crippen molar-refractivity contribution in [3.63, 3.8) is 0 Å². The lowest BCUT2D eigenvalue weighted by molar-refractivity contribution is 0.221. The Morgan fingerprint density at radius 3 is 2.68 bits per heavy atom. The minimum atomic E-state index is 0.979. The van der Waals surface area contributed by atoms with Crippen molar-refractivity contribution in [3.05, 3.63) is 48.4 Å². The van der Waals surface area contributed by atoms with Gasteiger partial charge in [-0.05, 0) is 43.1 Å². The van der Waals surface area contributed by atoms with Gasteiger partial charge in [0.1, 0.15) is 12.5 Å². The maximum absolute atomic E-state index is 4.28. The molecule has 1 aromatic carbocycles. The quantitative estimate of drug-likeness (QED) is 0.728. The van der Waals surface area contributed by atoms with Gasteiger partial charge in [-0.15, -0.1) is 11.3 Å². The van der Waals surface area contributed by atoms with Crippen LogP contribution in [0.4, 0.5) is 0 Å². The van der Waals surface area contributed by atoms with Gasteiger partial charge in [0.15, 0.2) is 0 Å². The molecule has 1 saturated heterocycles. The topological polar surface area (TPSA) is 29.0 Å². The van der Waals surface area contributed by atoms with Crippen LogP contribution in [-0.2, 0) is 6.54 Å². The number of aromatic nitrogens is 2. The van der Waals surface area contributed by atoms with E-state index < -0.39 is 0 Å². The molecule has 0 spiro atoms. The SMILES string of the molecule is [c]1ncnc2cc(-c3ccc(CN4CCCCC4)cc3)sc12. The summed E-state index contributed by atoms with van der Waals surface area (Å²) in [6.07, 6.45) is 8.64. The summed E-state index contributed by atoms with van der Waals surface area (Å²) in [6.45, 7) is 3.56. The third kappa shape index (κ3) is 2.89. The molecule has 3 aromatic rings. The summed E-state index contributed by atoms with van der Waals surface area (Å²) in [5.74, 6) is 0. The van der Waals surface area contributed by atoms with Crippen molar-refractivity contribution in [2.75, 3.05) is 13.1 Å². The van der Waals surface area contributed by atoms with E-state index in [1.54, 1.807) is 17.7 Å². The van der Waals surface area contributed by atoms with Crippen molar-refractivity contribution in [2.45, 2.75) is 25.8 Å². The molecule has 1 aliphatic rings. The third-order valence-electron chi connectivity index (χ3n) is 4.23. The second kappa shape index (κ2) is 6.15.